The van der Waals surface area contributed by atoms with Crippen LogP contribution in [0.4, 0.5) is 14.5 Å². The molecular formula is C11H9F2NO. The first-order valence-corrected chi connectivity index (χ1v) is 4.39. The molecule has 0 heterocycles. The SMILES string of the molecule is Nc1ccc2ccc(OC(F)F)cc2c1. The molecule has 0 atom stereocenters. The highest BCUT2D eigenvalue weighted by Crippen LogP contribution is 2.23. The predicted molar refractivity (Wildman–Crippen MR) is 55.0 cm³/mol. The van der Waals surface area contributed by atoms with Crippen molar-refractivity contribution in [1.29, 1.82) is 0 Å². The maximum Gasteiger partial charge on any atom is 0.387 e. The van der Waals surface area contributed by atoms with Crippen molar-refractivity contribution in [3.05, 3.63) is 36.4 Å². The fraction of sp³-hybridized carbons (Fsp3) is 0.0909. The fourth-order valence-electron chi connectivity index (χ4n) is 1.42. The van der Waals surface area contributed by atoms with Gasteiger partial charge in [-0.15, -0.1) is 0 Å². The van der Waals surface area contributed by atoms with Crippen LogP contribution in [0, 0.1) is 0 Å². The third-order valence-corrected chi connectivity index (χ3v) is 2.06. The van der Waals surface area contributed by atoms with Gasteiger partial charge in [-0.2, -0.15) is 8.78 Å². The summed E-state index contributed by atoms with van der Waals surface area (Å²) in [5.41, 5.74) is 6.18. The van der Waals surface area contributed by atoms with Crippen molar-refractivity contribution in [2.24, 2.45) is 0 Å². The van der Waals surface area contributed by atoms with Crippen molar-refractivity contribution >= 4 is 16.5 Å². The van der Waals surface area contributed by atoms with Gasteiger partial charge in [0.2, 0.25) is 0 Å². The van der Waals surface area contributed by atoms with Gasteiger partial charge >= 0.3 is 6.61 Å². The van der Waals surface area contributed by atoms with Crippen LogP contribution in [0.5, 0.6) is 5.75 Å². The van der Waals surface area contributed by atoms with Crippen molar-refractivity contribution in [3.63, 3.8) is 0 Å². The minimum atomic E-state index is -2.80. The van der Waals surface area contributed by atoms with Gasteiger partial charge in [0.05, 0.1) is 0 Å². The molecule has 15 heavy (non-hydrogen) atoms. The smallest absolute Gasteiger partial charge is 0.387 e. The first kappa shape index (κ1) is 9.71. The molecule has 0 amide bonds. The van der Waals surface area contributed by atoms with Crippen LogP contribution in [-0.2, 0) is 0 Å². The zero-order valence-electron chi connectivity index (χ0n) is 7.78. The predicted octanol–water partition coefficient (Wildman–Crippen LogP) is 3.02. The van der Waals surface area contributed by atoms with Gasteiger partial charge in [0.1, 0.15) is 5.75 Å². The van der Waals surface area contributed by atoms with E-state index < -0.39 is 6.61 Å². The van der Waals surface area contributed by atoms with E-state index in [1.807, 2.05) is 6.07 Å². The Morgan fingerprint density at radius 1 is 1.00 bits per heavy atom. The number of nitrogen functional groups attached to an aromatic ring is 1. The van der Waals surface area contributed by atoms with E-state index in [1.165, 1.54) is 12.1 Å². The van der Waals surface area contributed by atoms with Crippen LogP contribution >= 0.6 is 0 Å². The van der Waals surface area contributed by atoms with Crippen molar-refractivity contribution < 1.29 is 13.5 Å². The Kier molecular flexibility index (Phi) is 2.41. The maximum absolute atomic E-state index is 12.0. The Morgan fingerprint density at radius 2 is 1.73 bits per heavy atom. The summed E-state index contributed by atoms with van der Waals surface area (Å²) >= 11 is 0. The molecular weight excluding hydrogens is 200 g/mol. The first-order valence-electron chi connectivity index (χ1n) is 4.39. The lowest BCUT2D eigenvalue weighted by Crippen LogP contribution is -2.01. The summed E-state index contributed by atoms with van der Waals surface area (Å²) in [6.07, 6.45) is 0. The number of benzene rings is 2. The molecule has 0 spiro atoms. The Labute approximate surface area is 85.3 Å². The third-order valence-electron chi connectivity index (χ3n) is 2.06. The highest BCUT2D eigenvalue weighted by Gasteiger charge is 2.04. The van der Waals surface area contributed by atoms with Crippen LogP contribution in [-0.4, -0.2) is 6.61 Å². The molecule has 0 unspecified atom stereocenters. The lowest BCUT2D eigenvalue weighted by molar-refractivity contribution is -0.0497. The summed E-state index contributed by atoms with van der Waals surface area (Å²) in [4.78, 5) is 0. The molecule has 0 radical (unpaired) electrons. The summed E-state index contributed by atoms with van der Waals surface area (Å²) in [5, 5.41) is 1.72. The standard InChI is InChI=1S/C11H9F2NO/c12-11(13)15-10-4-2-7-1-3-9(14)5-8(7)6-10/h1-6,11H,14H2. The van der Waals surface area contributed by atoms with Crippen LogP contribution in [0.3, 0.4) is 0 Å². The third kappa shape index (κ3) is 2.15. The second-order valence-electron chi connectivity index (χ2n) is 3.15. The lowest BCUT2D eigenvalue weighted by Gasteiger charge is -2.05. The van der Waals surface area contributed by atoms with Gasteiger partial charge in [-0.3, -0.25) is 0 Å². The van der Waals surface area contributed by atoms with Gasteiger partial charge in [-0.25, -0.2) is 0 Å². The largest absolute Gasteiger partial charge is 0.435 e. The zero-order valence-corrected chi connectivity index (χ0v) is 7.78. The van der Waals surface area contributed by atoms with Gasteiger partial charge < -0.3 is 10.5 Å². The van der Waals surface area contributed by atoms with Crippen molar-refractivity contribution in [1.82, 2.24) is 0 Å². The number of nitrogens with two attached hydrogens (primary N) is 1. The molecule has 0 saturated carbocycles. The Balaban J connectivity index is 2.45. The number of ether oxygens (including phenoxy) is 1. The van der Waals surface area contributed by atoms with Gasteiger partial charge in [-0.05, 0) is 35.0 Å². The second-order valence-corrected chi connectivity index (χ2v) is 3.15. The molecule has 4 heteroatoms. The van der Waals surface area contributed by atoms with Crippen LogP contribution in [0.1, 0.15) is 0 Å². The lowest BCUT2D eigenvalue weighted by atomic mass is 10.1. The molecule has 2 aromatic carbocycles. The minimum Gasteiger partial charge on any atom is -0.435 e. The number of hydrogen-bond donors (Lipinski definition) is 1. The molecule has 0 aliphatic carbocycles. The first-order chi connectivity index (χ1) is 7.15. The normalized spacial score (nSPS) is 10.9. The van der Waals surface area contributed by atoms with Crippen molar-refractivity contribution in [2.75, 3.05) is 5.73 Å². The van der Waals surface area contributed by atoms with Gasteiger partial charge in [0.25, 0.3) is 0 Å². The van der Waals surface area contributed by atoms with Crippen LogP contribution in [0.25, 0.3) is 10.8 Å². The average Bonchev–Trinajstić information content (AvgIpc) is 2.16. The van der Waals surface area contributed by atoms with Crippen LogP contribution in [0.15, 0.2) is 36.4 Å². The average molecular weight is 209 g/mol. The zero-order chi connectivity index (χ0) is 10.8. The highest BCUT2D eigenvalue weighted by atomic mass is 19.3. The fourth-order valence-corrected chi connectivity index (χ4v) is 1.42. The Bertz CT molecular complexity index is 485. The Hall–Kier alpha value is -1.84. The molecule has 0 aliphatic heterocycles. The summed E-state index contributed by atoms with van der Waals surface area (Å²) in [6, 6.07) is 10.1. The molecule has 0 bridgehead atoms. The topological polar surface area (TPSA) is 35.2 Å². The summed E-state index contributed by atoms with van der Waals surface area (Å²) in [6.45, 7) is -2.80. The molecule has 0 fully saturated rings. The van der Waals surface area contributed by atoms with E-state index >= 15 is 0 Å². The molecule has 0 aliphatic rings. The summed E-state index contributed by atoms with van der Waals surface area (Å²) in [7, 11) is 0. The van der Waals surface area contributed by atoms with E-state index in [-0.39, 0.29) is 5.75 Å². The van der Waals surface area contributed by atoms with Crippen molar-refractivity contribution in [2.45, 2.75) is 6.61 Å². The van der Waals surface area contributed by atoms with E-state index in [0.29, 0.717) is 5.69 Å². The molecule has 78 valence electrons. The molecule has 0 saturated heterocycles. The molecule has 2 rings (SSSR count). The van der Waals surface area contributed by atoms with E-state index in [9.17, 15) is 8.78 Å². The summed E-state index contributed by atoms with van der Waals surface area (Å²) < 4.78 is 28.2. The highest BCUT2D eigenvalue weighted by molar-refractivity contribution is 5.86. The van der Waals surface area contributed by atoms with Gasteiger partial charge in [-0.1, -0.05) is 12.1 Å². The van der Waals surface area contributed by atoms with Crippen molar-refractivity contribution in [3.8, 4) is 5.75 Å². The minimum absolute atomic E-state index is 0.142. The number of alkyl halides is 2. The molecule has 2 nitrogen and oxygen atoms in total. The molecule has 2 N–H and O–H groups in total. The van der Waals surface area contributed by atoms with E-state index in [0.717, 1.165) is 10.8 Å². The van der Waals surface area contributed by atoms with E-state index in [4.69, 9.17) is 5.73 Å². The van der Waals surface area contributed by atoms with Gasteiger partial charge in [0, 0.05) is 5.69 Å². The number of halogens is 2. The quantitative estimate of drug-likeness (QED) is 0.771. The number of anilines is 1. The number of hydrogen-bond acceptors (Lipinski definition) is 2. The summed E-state index contributed by atoms with van der Waals surface area (Å²) in [5.74, 6) is 0.142. The monoisotopic (exact) mass is 209 g/mol. The van der Waals surface area contributed by atoms with Gasteiger partial charge in [0.15, 0.2) is 0 Å². The molecule has 2 aromatic rings. The second kappa shape index (κ2) is 3.73. The Morgan fingerprint density at radius 3 is 2.47 bits per heavy atom. The van der Waals surface area contributed by atoms with Crippen LogP contribution < -0.4 is 10.5 Å². The number of fused-ring (bicyclic) bond motifs is 1. The number of rotatable bonds is 2. The molecule has 0 aromatic heterocycles. The maximum atomic E-state index is 12.0. The van der Waals surface area contributed by atoms with E-state index in [2.05, 4.69) is 4.74 Å². The van der Waals surface area contributed by atoms with Crippen LogP contribution in [0.2, 0.25) is 0 Å². The van der Waals surface area contributed by atoms with E-state index in [1.54, 1.807) is 18.2 Å².